The number of hydrogen-bond donors (Lipinski definition) is 1. The Morgan fingerprint density at radius 1 is 1.24 bits per heavy atom. The minimum atomic E-state index is -0.375. The fraction of sp³-hybridized carbons (Fsp3) is 0.474. The van der Waals surface area contributed by atoms with Crippen molar-refractivity contribution in [1.29, 1.82) is 0 Å². The maximum absolute atomic E-state index is 12.6. The summed E-state index contributed by atoms with van der Waals surface area (Å²) in [4.78, 5) is 20.6. The van der Waals surface area contributed by atoms with Crippen molar-refractivity contribution in [3.8, 4) is 10.4 Å². The zero-order valence-corrected chi connectivity index (χ0v) is 15.3. The number of nitrogens with one attached hydrogen (secondary N) is 1. The van der Waals surface area contributed by atoms with E-state index in [1.54, 1.807) is 11.3 Å². The first kappa shape index (κ1) is 16.5. The number of rotatable bonds is 4. The van der Waals surface area contributed by atoms with Gasteiger partial charge in [0, 0.05) is 38.9 Å². The number of hydrogen-bond acceptors (Lipinski definition) is 5. The van der Waals surface area contributed by atoms with Crippen LogP contribution in [-0.2, 0) is 11.2 Å². The van der Waals surface area contributed by atoms with Crippen LogP contribution in [-0.4, -0.2) is 41.2 Å². The monoisotopic (exact) mass is 357 g/mol. The lowest BCUT2D eigenvalue weighted by atomic mass is 9.83. The highest BCUT2D eigenvalue weighted by atomic mass is 32.1. The Hall–Kier alpha value is -1.92. The topological polar surface area (TPSA) is 54.5 Å². The van der Waals surface area contributed by atoms with Gasteiger partial charge in [0.25, 0.3) is 0 Å². The second-order valence-electron chi connectivity index (χ2n) is 6.79. The Morgan fingerprint density at radius 2 is 1.92 bits per heavy atom. The number of ether oxygens (including phenoxy) is 1. The van der Waals surface area contributed by atoms with Crippen molar-refractivity contribution < 1.29 is 9.53 Å². The van der Waals surface area contributed by atoms with Crippen LogP contribution in [0.15, 0.2) is 30.3 Å². The normalized spacial score (nSPS) is 24.9. The van der Waals surface area contributed by atoms with E-state index in [2.05, 4.69) is 22.1 Å². The molecule has 4 heterocycles. The third kappa shape index (κ3) is 3.41. The van der Waals surface area contributed by atoms with Gasteiger partial charge >= 0.3 is 6.09 Å². The van der Waals surface area contributed by atoms with Crippen LogP contribution in [0.4, 0.5) is 10.6 Å². The fourth-order valence-electron chi connectivity index (χ4n) is 3.65. The van der Waals surface area contributed by atoms with E-state index in [1.807, 2.05) is 30.3 Å². The van der Waals surface area contributed by atoms with Crippen LogP contribution in [0.3, 0.4) is 0 Å². The second-order valence-corrected chi connectivity index (χ2v) is 7.88. The summed E-state index contributed by atoms with van der Waals surface area (Å²) in [6.45, 7) is 5.15. The molecule has 0 atom stereocenters. The van der Waals surface area contributed by atoms with Gasteiger partial charge in [-0.25, -0.2) is 9.78 Å². The average Bonchev–Trinajstić information content (AvgIpc) is 3.06. The zero-order valence-electron chi connectivity index (χ0n) is 14.5. The van der Waals surface area contributed by atoms with E-state index in [0.29, 0.717) is 5.82 Å². The van der Waals surface area contributed by atoms with Crippen molar-refractivity contribution in [2.75, 3.05) is 25.0 Å². The molecule has 0 spiro atoms. The van der Waals surface area contributed by atoms with Crippen molar-refractivity contribution in [3.05, 3.63) is 35.3 Å². The minimum absolute atomic E-state index is 0.282. The highest BCUT2D eigenvalue weighted by Gasteiger charge is 2.42. The first-order valence-electron chi connectivity index (χ1n) is 8.95. The highest BCUT2D eigenvalue weighted by Crippen LogP contribution is 2.37. The molecule has 3 aliphatic heterocycles. The Kier molecular flexibility index (Phi) is 4.48. The van der Waals surface area contributed by atoms with Crippen molar-refractivity contribution in [3.63, 3.8) is 0 Å². The van der Waals surface area contributed by atoms with E-state index in [-0.39, 0.29) is 11.7 Å². The molecule has 3 fully saturated rings. The molecule has 0 aliphatic carbocycles. The molecule has 5 nitrogen and oxygen atoms in total. The third-order valence-corrected chi connectivity index (χ3v) is 6.44. The lowest BCUT2D eigenvalue weighted by molar-refractivity contribution is -0.0742. The number of aromatic nitrogens is 1. The van der Waals surface area contributed by atoms with Crippen LogP contribution in [0.5, 0.6) is 0 Å². The van der Waals surface area contributed by atoms with Crippen molar-refractivity contribution >= 4 is 23.2 Å². The van der Waals surface area contributed by atoms with E-state index >= 15 is 0 Å². The van der Waals surface area contributed by atoms with Gasteiger partial charge in [-0.05, 0) is 12.0 Å². The highest BCUT2D eigenvalue weighted by molar-refractivity contribution is 7.15. The van der Waals surface area contributed by atoms with E-state index < -0.39 is 0 Å². The van der Waals surface area contributed by atoms with Crippen LogP contribution in [0.1, 0.15) is 31.2 Å². The Balaban J connectivity index is 1.52. The van der Waals surface area contributed by atoms with E-state index in [4.69, 9.17) is 4.74 Å². The maximum Gasteiger partial charge on any atom is 0.413 e. The van der Waals surface area contributed by atoms with Crippen LogP contribution in [0.2, 0.25) is 0 Å². The number of benzene rings is 1. The lowest BCUT2D eigenvalue weighted by Gasteiger charge is -2.47. The molecule has 0 saturated carbocycles. The lowest BCUT2D eigenvalue weighted by Crippen LogP contribution is -2.54. The SMILES string of the molecule is CCc1nc(NC(=O)OC23CCN(CC2)CC3)c(-c2ccccc2)s1. The van der Waals surface area contributed by atoms with Gasteiger partial charge in [0.15, 0.2) is 5.82 Å². The summed E-state index contributed by atoms with van der Waals surface area (Å²) in [6.07, 6.45) is 3.27. The van der Waals surface area contributed by atoms with Gasteiger partial charge in [0.05, 0.1) is 9.88 Å². The van der Waals surface area contributed by atoms with E-state index in [1.165, 1.54) is 0 Å². The van der Waals surface area contributed by atoms with Crippen molar-refractivity contribution in [2.45, 2.75) is 38.2 Å². The van der Waals surface area contributed by atoms with Gasteiger partial charge in [-0.2, -0.15) is 0 Å². The van der Waals surface area contributed by atoms with Gasteiger partial charge in [-0.15, -0.1) is 11.3 Å². The number of amides is 1. The molecule has 3 aliphatic rings. The van der Waals surface area contributed by atoms with Crippen LogP contribution < -0.4 is 5.32 Å². The Morgan fingerprint density at radius 3 is 2.56 bits per heavy atom. The molecule has 1 aromatic heterocycles. The smallest absolute Gasteiger partial charge is 0.413 e. The molecular weight excluding hydrogens is 334 g/mol. The van der Waals surface area contributed by atoms with Gasteiger partial charge < -0.3 is 9.64 Å². The predicted octanol–water partition coefficient (Wildman–Crippen LogP) is 4.16. The molecule has 132 valence electrons. The fourth-order valence-corrected chi connectivity index (χ4v) is 4.62. The van der Waals surface area contributed by atoms with Crippen molar-refractivity contribution in [2.24, 2.45) is 0 Å². The molecule has 1 aromatic carbocycles. The zero-order chi connectivity index (χ0) is 17.3. The predicted molar refractivity (Wildman–Crippen MR) is 100 cm³/mol. The Labute approximate surface area is 152 Å². The van der Waals surface area contributed by atoms with Gasteiger partial charge in [0.1, 0.15) is 5.60 Å². The molecular formula is C19H23N3O2S. The number of carbonyl (C=O) groups excluding carboxylic acids is 1. The largest absolute Gasteiger partial charge is 0.443 e. The average molecular weight is 357 g/mol. The number of nitrogens with zero attached hydrogens (tertiary/aromatic N) is 2. The molecule has 2 bridgehead atoms. The summed E-state index contributed by atoms with van der Waals surface area (Å²) in [6, 6.07) is 10.1. The summed E-state index contributed by atoms with van der Waals surface area (Å²) in [5.41, 5.74) is 0.786. The molecule has 0 radical (unpaired) electrons. The maximum atomic E-state index is 12.6. The standard InChI is InChI=1S/C19H23N3O2S/c1-2-15-20-17(16(25-15)14-6-4-3-5-7-14)21-18(23)24-19-8-11-22(12-9-19)13-10-19/h3-7H,2,8-13H2,1H3,(H,21,23). The second kappa shape index (κ2) is 6.77. The third-order valence-electron chi connectivity index (χ3n) is 5.19. The number of fused-ring (bicyclic) bond motifs is 3. The van der Waals surface area contributed by atoms with E-state index in [0.717, 1.165) is 60.8 Å². The first-order valence-corrected chi connectivity index (χ1v) is 9.77. The molecule has 6 heteroatoms. The molecule has 5 rings (SSSR count). The summed E-state index contributed by atoms with van der Waals surface area (Å²) >= 11 is 1.63. The van der Waals surface area contributed by atoms with Gasteiger partial charge in [-0.1, -0.05) is 37.3 Å². The van der Waals surface area contributed by atoms with Crippen molar-refractivity contribution in [1.82, 2.24) is 9.88 Å². The molecule has 1 amide bonds. The van der Waals surface area contributed by atoms with Gasteiger partial charge in [-0.3, -0.25) is 5.32 Å². The molecule has 25 heavy (non-hydrogen) atoms. The number of piperidine rings is 3. The number of carbonyl (C=O) groups is 1. The Bertz CT molecular complexity index is 738. The molecule has 3 saturated heterocycles. The molecule has 1 N–H and O–H groups in total. The van der Waals surface area contributed by atoms with Crippen LogP contribution >= 0.6 is 11.3 Å². The molecule has 2 aromatic rings. The summed E-state index contributed by atoms with van der Waals surface area (Å²) in [7, 11) is 0. The number of thiazole rings is 1. The number of aryl methyl sites for hydroxylation is 1. The van der Waals surface area contributed by atoms with E-state index in [9.17, 15) is 4.79 Å². The van der Waals surface area contributed by atoms with Gasteiger partial charge in [0.2, 0.25) is 0 Å². The molecule has 0 unspecified atom stereocenters. The summed E-state index contributed by atoms with van der Waals surface area (Å²) in [5.74, 6) is 0.614. The summed E-state index contributed by atoms with van der Waals surface area (Å²) < 4.78 is 5.89. The summed E-state index contributed by atoms with van der Waals surface area (Å²) in [5, 5.41) is 3.92. The quantitative estimate of drug-likeness (QED) is 0.893. The van der Waals surface area contributed by atoms with Crippen LogP contribution in [0.25, 0.3) is 10.4 Å². The minimum Gasteiger partial charge on any atom is -0.443 e. The van der Waals surface area contributed by atoms with Crippen LogP contribution in [0, 0.1) is 0 Å². The number of anilines is 1. The first-order chi connectivity index (χ1) is 12.2.